The Morgan fingerprint density at radius 1 is 1.26 bits per heavy atom. The number of hydrogen-bond acceptors (Lipinski definition) is 4. The van der Waals surface area contributed by atoms with Crippen LogP contribution >= 0.6 is 0 Å². The van der Waals surface area contributed by atoms with Crippen LogP contribution in [0.15, 0.2) is 30.1 Å². The van der Waals surface area contributed by atoms with Gasteiger partial charge in [0.05, 0.1) is 23.7 Å². The fourth-order valence-corrected chi connectivity index (χ4v) is 6.24. The van der Waals surface area contributed by atoms with Gasteiger partial charge in [0, 0.05) is 25.6 Å². The SMILES string of the molecule is CC1=C[C@@H](CNC(=O)CC2(CC(=O)O)CCCC2)[C@H](C(C)C)C[C@H]1Cc1nc2ccncc2[nH]1. The third kappa shape index (κ3) is 5.68. The van der Waals surface area contributed by atoms with Crippen LogP contribution in [-0.4, -0.2) is 38.5 Å². The number of aromatic amines is 1. The molecule has 2 aliphatic carbocycles. The molecular formula is C27H38N4O3. The summed E-state index contributed by atoms with van der Waals surface area (Å²) in [4.78, 5) is 36.5. The number of fused-ring (bicyclic) bond motifs is 1. The van der Waals surface area contributed by atoms with Crippen LogP contribution in [0, 0.1) is 29.1 Å². The molecule has 7 heteroatoms. The second-order valence-corrected chi connectivity index (χ2v) is 11.0. The lowest BCUT2D eigenvalue weighted by molar-refractivity contribution is -0.140. The number of carboxylic acid groups (broad SMARTS) is 1. The van der Waals surface area contributed by atoms with Gasteiger partial charge in [0.2, 0.25) is 5.91 Å². The summed E-state index contributed by atoms with van der Waals surface area (Å²) in [6, 6.07) is 1.93. The van der Waals surface area contributed by atoms with E-state index in [1.807, 2.05) is 12.3 Å². The summed E-state index contributed by atoms with van der Waals surface area (Å²) in [5.74, 6) is 1.88. The molecule has 2 aromatic heterocycles. The molecule has 1 saturated carbocycles. The monoisotopic (exact) mass is 466 g/mol. The van der Waals surface area contributed by atoms with Crippen LogP contribution in [0.1, 0.15) is 71.5 Å². The van der Waals surface area contributed by atoms with Crippen LogP contribution in [0.2, 0.25) is 0 Å². The van der Waals surface area contributed by atoms with Gasteiger partial charge in [0.1, 0.15) is 5.82 Å². The third-order valence-corrected chi connectivity index (χ3v) is 8.12. The number of carbonyl (C=O) groups excluding carboxylic acids is 1. The molecule has 4 rings (SSSR count). The van der Waals surface area contributed by atoms with Crippen LogP contribution in [0.3, 0.4) is 0 Å². The molecule has 2 aliphatic rings. The summed E-state index contributed by atoms with van der Waals surface area (Å²) < 4.78 is 0. The molecule has 184 valence electrons. The first-order valence-corrected chi connectivity index (χ1v) is 12.7. The Kier molecular flexibility index (Phi) is 7.39. The second-order valence-electron chi connectivity index (χ2n) is 11.0. The molecular weight excluding hydrogens is 428 g/mol. The second kappa shape index (κ2) is 10.3. The highest BCUT2D eigenvalue weighted by atomic mass is 16.4. The number of carbonyl (C=O) groups is 2. The van der Waals surface area contributed by atoms with Crippen molar-refractivity contribution >= 4 is 22.9 Å². The number of allylic oxidation sites excluding steroid dienone is 1. The van der Waals surface area contributed by atoms with Gasteiger partial charge in [-0.15, -0.1) is 0 Å². The Bertz CT molecular complexity index is 1020. The molecule has 0 bridgehead atoms. The largest absolute Gasteiger partial charge is 0.481 e. The number of hydrogen-bond donors (Lipinski definition) is 3. The number of imidazole rings is 1. The molecule has 0 unspecified atom stereocenters. The van der Waals surface area contributed by atoms with Crippen molar-refractivity contribution in [2.45, 2.75) is 72.1 Å². The minimum Gasteiger partial charge on any atom is -0.481 e. The van der Waals surface area contributed by atoms with Gasteiger partial charge in [0.25, 0.3) is 0 Å². The van der Waals surface area contributed by atoms with Crippen molar-refractivity contribution in [1.82, 2.24) is 20.3 Å². The number of aliphatic carboxylic acids is 1. The summed E-state index contributed by atoms with van der Waals surface area (Å²) in [5, 5.41) is 12.5. The summed E-state index contributed by atoms with van der Waals surface area (Å²) in [6.07, 6.45) is 12.0. The van der Waals surface area contributed by atoms with E-state index >= 15 is 0 Å². The molecule has 2 aromatic rings. The summed E-state index contributed by atoms with van der Waals surface area (Å²) >= 11 is 0. The number of rotatable bonds is 9. The Labute approximate surface area is 201 Å². The highest BCUT2D eigenvalue weighted by molar-refractivity contribution is 5.78. The number of H-pyrrole nitrogens is 1. The van der Waals surface area contributed by atoms with Crippen LogP contribution in [0.25, 0.3) is 11.0 Å². The number of amides is 1. The minimum absolute atomic E-state index is 0.00489. The average Bonchev–Trinajstić information content (AvgIpc) is 3.39. The van der Waals surface area contributed by atoms with E-state index in [2.05, 4.69) is 42.1 Å². The van der Waals surface area contributed by atoms with Crippen molar-refractivity contribution in [1.29, 1.82) is 0 Å². The molecule has 2 heterocycles. The zero-order valence-electron chi connectivity index (χ0n) is 20.6. The lowest BCUT2D eigenvalue weighted by Crippen LogP contribution is -2.39. The summed E-state index contributed by atoms with van der Waals surface area (Å²) in [7, 11) is 0. The zero-order chi connectivity index (χ0) is 24.3. The van der Waals surface area contributed by atoms with Crippen molar-refractivity contribution in [3.8, 4) is 0 Å². The van der Waals surface area contributed by atoms with Crippen molar-refractivity contribution in [3.05, 3.63) is 35.9 Å². The van der Waals surface area contributed by atoms with Gasteiger partial charge in [0.15, 0.2) is 0 Å². The van der Waals surface area contributed by atoms with E-state index in [0.717, 1.165) is 55.4 Å². The number of pyridine rings is 1. The fraction of sp³-hybridized carbons (Fsp3) is 0.630. The topological polar surface area (TPSA) is 108 Å². The van der Waals surface area contributed by atoms with Crippen molar-refractivity contribution in [2.24, 2.45) is 29.1 Å². The molecule has 0 radical (unpaired) electrons. The van der Waals surface area contributed by atoms with Gasteiger partial charge in [-0.25, -0.2) is 4.98 Å². The van der Waals surface area contributed by atoms with Gasteiger partial charge < -0.3 is 15.4 Å². The van der Waals surface area contributed by atoms with Crippen molar-refractivity contribution in [3.63, 3.8) is 0 Å². The summed E-state index contributed by atoms with van der Waals surface area (Å²) in [6.45, 7) is 7.34. The maximum Gasteiger partial charge on any atom is 0.303 e. The average molecular weight is 467 g/mol. The molecule has 0 spiro atoms. The predicted molar refractivity (Wildman–Crippen MR) is 132 cm³/mol. The Balaban J connectivity index is 1.39. The molecule has 3 N–H and O–H groups in total. The maximum absolute atomic E-state index is 12.8. The number of carboxylic acids is 1. The zero-order valence-corrected chi connectivity index (χ0v) is 20.6. The van der Waals surface area contributed by atoms with Crippen LogP contribution in [0.4, 0.5) is 0 Å². The standard InChI is InChI=1S/C27H38N4O3/c1-17(2)21-11-19(12-24-30-22-6-9-28-16-23(22)31-24)18(3)10-20(21)15-29-25(32)13-27(14-26(33)34)7-4-5-8-27/h6,9-10,16-17,19-21H,4-5,7-8,11-15H2,1-3H3,(H,29,32)(H,30,31)(H,33,34)/t19-,20-,21-/m0/s1. The Hall–Kier alpha value is -2.70. The fourth-order valence-electron chi connectivity index (χ4n) is 6.24. The molecule has 0 aromatic carbocycles. The van der Waals surface area contributed by atoms with E-state index in [1.54, 1.807) is 6.20 Å². The van der Waals surface area contributed by atoms with E-state index in [1.165, 1.54) is 5.57 Å². The van der Waals surface area contributed by atoms with Gasteiger partial charge in [-0.1, -0.05) is 38.3 Å². The quantitative estimate of drug-likeness (QED) is 0.456. The van der Waals surface area contributed by atoms with E-state index in [-0.39, 0.29) is 17.7 Å². The molecule has 0 saturated heterocycles. The number of nitrogens with zero attached hydrogens (tertiary/aromatic N) is 2. The molecule has 34 heavy (non-hydrogen) atoms. The highest BCUT2D eigenvalue weighted by Gasteiger charge is 2.38. The van der Waals surface area contributed by atoms with E-state index in [4.69, 9.17) is 4.98 Å². The first kappa shape index (κ1) is 24.4. The van der Waals surface area contributed by atoms with Crippen LogP contribution < -0.4 is 5.32 Å². The summed E-state index contributed by atoms with van der Waals surface area (Å²) in [5.41, 5.74) is 2.91. The van der Waals surface area contributed by atoms with Gasteiger partial charge in [-0.3, -0.25) is 14.6 Å². The van der Waals surface area contributed by atoms with Crippen LogP contribution in [0.5, 0.6) is 0 Å². The number of aromatic nitrogens is 3. The van der Waals surface area contributed by atoms with Gasteiger partial charge in [-0.2, -0.15) is 0 Å². The molecule has 0 aliphatic heterocycles. The normalized spacial score (nSPS) is 24.4. The highest BCUT2D eigenvalue weighted by Crippen LogP contribution is 2.44. The number of nitrogens with one attached hydrogen (secondary N) is 2. The van der Waals surface area contributed by atoms with E-state index in [9.17, 15) is 14.7 Å². The third-order valence-electron chi connectivity index (χ3n) is 8.12. The predicted octanol–water partition coefficient (Wildman–Crippen LogP) is 4.90. The van der Waals surface area contributed by atoms with Crippen LogP contribution in [-0.2, 0) is 16.0 Å². The van der Waals surface area contributed by atoms with Gasteiger partial charge >= 0.3 is 5.97 Å². The molecule has 3 atom stereocenters. The van der Waals surface area contributed by atoms with Crippen molar-refractivity contribution in [2.75, 3.05) is 6.54 Å². The molecule has 7 nitrogen and oxygen atoms in total. The van der Waals surface area contributed by atoms with E-state index < -0.39 is 5.97 Å². The first-order chi connectivity index (χ1) is 16.2. The minimum atomic E-state index is -0.799. The maximum atomic E-state index is 12.8. The lowest BCUT2D eigenvalue weighted by atomic mass is 9.69. The smallest absolute Gasteiger partial charge is 0.303 e. The van der Waals surface area contributed by atoms with Gasteiger partial charge in [-0.05, 0) is 61.3 Å². The first-order valence-electron chi connectivity index (χ1n) is 12.7. The lowest BCUT2D eigenvalue weighted by Gasteiger charge is -2.37. The van der Waals surface area contributed by atoms with E-state index in [0.29, 0.717) is 36.6 Å². The van der Waals surface area contributed by atoms with Crippen molar-refractivity contribution < 1.29 is 14.7 Å². The Morgan fingerprint density at radius 2 is 2.03 bits per heavy atom. The molecule has 1 amide bonds. The Morgan fingerprint density at radius 3 is 2.71 bits per heavy atom. The molecule has 1 fully saturated rings.